The van der Waals surface area contributed by atoms with E-state index in [0.717, 1.165) is 42.0 Å². The van der Waals surface area contributed by atoms with Gasteiger partial charge in [-0.1, -0.05) is 18.2 Å². The molecule has 2 aliphatic heterocycles. The molecule has 2 aliphatic rings. The lowest BCUT2D eigenvalue weighted by Gasteiger charge is -2.25. The maximum absolute atomic E-state index is 5.98. The van der Waals surface area contributed by atoms with Crippen molar-refractivity contribution in [2.24, 2.45) is 0 Å². The Balaban J connectivity index is 1.50. The summed E-state index contributed by atoms with van der Waals surface area (Å²) in [4.78, 5) is 6.92. The van der Waals surface area contributed by atoms with E-state index in [1.54, 1.807) is 0 Å². The Morgan fingerprint density at radius 1 is 1.00 bits per heavy atom. The number of rotatable bonds is 2. The van der Waals surface area contributed by atoms with Crippen LogP contribution in [0.25, 0.3) is 11.1 Å². The monoisotopic (exact) mass is 322 g/mol. The molecule has 0 aliphatic carbocycles. The van der Waals surface area contributed by atoms with Gasteiger partial charge in [-0.05, 0) is 42.7 Å². The molecule has 0 N–H and O–H groups in total. The number of nitrogens with zero attached hydrogens (tertiary/aromatic N) is 2. The van der Waals surface area contributed by atoms with Crippen molar-refractivity contribution in [2.45, 2.75) is 18.9 Å². The van der Waals surface area contributed by atoms with Crippen molar-refractivity contribution in [3.8, 4) is 11.5 Å². The molecule has 1 aromatic heterocycles. The van der Waals surface area contributed by atoms with Crippen molar-refractivity contribution < 1.29 is 13.9 Å². The van der Waals surface area contributed by atoms with E-state index in [9.17, 15) is 0 Å². The summed E-state index contributed by atoms with van der Waals surface area (Å²) in [5.41, 5.74) is 2.96. The largest absolute Gasteiger partial charge is 0.486 e. The van der Waals surface area contributed by atoms with Gasteiger partial charge in [0, 0.05) is 6.54 Å². The first-order valence-corrected chi connectivity index (χ1v) is 8.40. The number of anilines is 1. The minimum Gasteiger partial charge on any atom is -0.486 e. The van der Waals surface area contributed by atoms with Crippen LogP contribution in [0.3, 0.4) is 0 Å². The second-order valence-electron chi connectivity index (χ2n) is 6.22. The zero-order valence-electron chi connectivity index (χ0n) is 13.3. The van der Waals surface area contributed by atoms with E-state index in [-0.39, 0.29) is 6.04 Å². The molecule has 1 fully saturated rings. The SMILES string of the molecule is c1ccc2oc(N3CCCC3c3ccc4c(c3)OCCO4)nc2c1. The van der Waals surface area contributed by atoms with Gasteiger partial charge < -0.3 is 18.8 Å². The van der Waals surface area contributed by atoms with Gasteiger partial charge >= 0.3 is 0 Å². The van der Waals surface area contributed by atoms with E-state index in [2.05, 4.69) is 22.0 Å². The van der Waals surface area contributed by atoms with Crippen LogP contribution in [0.2, 0.25) is 0 Å². The minimum absolute atomic E-state index is 0.258. The topological polar surface area (TPSA) is 47.7 Å². The highest BCUT2D eigenvalue weighted by atomic mass is 16.6. The quantitative estimate of drug-likeness (QED) is 0.715. The van der Waals surface area contributed by atoms with Crippen LogP contribution in [-0.4, -0.2) is 24.7 Å². The Labute approximate surface area is 139 Å². The number of oxazole rings is 1. The summed E-state index contributed by atoms with van der Waals surface area (Å²) >= 11 is 0. The molecule has 2 aromatic carbocycles. The zero-order chi connectivity index (χ0) is 15.9. The van der Waals surface area contributed by atoms with Gasteiger partial charge in [0.2, 0.25) is 0 Å². The molecule has 0 bridgehead atoms. The molecule has 5 nitrogen and oxygen atoms in total. The Kier molecular flexibility index (Phi) is 3.11. The fourth-order valence-corrected chi connectivity index (χ4v) is 3.59. The van der Waals surface area contributed by atoms with Gasteiger partial charge in [-0.15, -0.1) is 0 Å². The van der Waals surface area contributed by atoms with Crippen molar-refractivity contribution >= 4 is 17.1 Å². The van der Waals surface area contributed by atoms with Crippen molar-refractivity contribution in [1.29, 1.82) is 0 Å². The summed E-state index contributed by atoms with van der Waals surface area (Å²) in [5, 5.41) is 0. The van der Waals surface area contributed by atoms with E-state index < -0.39 is 0 Å². The molecular formula is C19H18N2O3. The van der Waals surface area contributed by atoms with Gasteiger partial charge in [0.05, 0.1) is 6.04 Å². The van der Waals surface area contributed by atoms with E-state index in [0.29, 0.717) is 19.2 Å². The standard InChI is InChI=1S/C19H18N2O3/c1-2-6-16-14(4-1)20-19(24-16)21-9-3-5-15(21)13-7-8-17-18(12-13)23-11-10-22-17/h1-2,4,6-8,12,15H,3,5,9-11H2. The molecule has 1 saturated heterocycles. The van der Waals surface area contributed by atoms with Gasteiger partial charge in [-0.25, -0.2) is 0 Å². The molecule has 3 aromatic rings. The highest BCUT2D eigenvalue weighted by Gasteiger charge is 2.30. The summed E-state index contributed by atoms with van der Waals surface area (Å²) in [5.74, 6) is 1.67. The Bertz CT molecular complexity index is 856. The lowest BCUT2D eigenvalue weighted by atomic mass is 10.0. The molecule has 0 amide bonds. The molecule has 122 valence electrons. The Morgan fingerprint density at radius 3 is 2.79 bits per heavy atom. The fraction of sp³-hybridized carbons (Fsp3) is 0.316. The van der Waals surface area contributed by atoms with Gasteiger partial charge in [-0.2, -0.15) is 4.98 Å². The normalized spacial score (nSPS) is 19.8. The maximum Gasteiger partial charge on any atom is 0.298 e. The summed E-state index contributed by atoms with van der Waals surface area (Å²) in [7, 11) is 0. The average Bonchev–Trinajstić information content (AvgIpc) is 3.27. The first kappa shape index (κ1) is 13.7. The van der Waals surface area contributed by atoms with Crippen molar-refractivity contribution in [3.05, 3.63) is 48.0 Å². The summed E-state index contributed by atoms with van der Waals surface area (Å²) in [6.45, 7) is 2.17. The van der Waals surface area contributed by atoms with Crippen LogP contribution in [0.5, 0.6) is 11.5 Å². The van der Waals surface area contributed by atoms with E-state index in [4.69, 9.17) is 13.9 Å². The van der Waals surface area contributed by atoms with Gasteiger partial charge in [0.25, 0.3) is 6.01 Å². The second kappa shape index (κ2) is 5.44. The molecule has 0 saturated carbocycles. The van der Waals surface area contributed by atoms with Gasteiger partial charge in [-0.3, -0.25) is 0 Å². The number of hydrogen-bond acceptors (Lipinski definition) is 5. The van der Waals surface area contributed by atoms with Crippen molar-refractivity contribution in [1.82, 2.24) is 4.98 Å². The molecule has 1 atom stereocenters. The highest BCUT2D eigenvalue weighted by molar-refractivity contribution is 5.74. The van der Waals surface area contributed by atoms with E-state index >= 15 is 0 Å². The van der Waals surface area contributed by atoms with Gasteiger partial charge in [0.1, 0.15) is 18.7 Å². The van der Waals surface area contributed by atoms with Crippen LogP contribution in [0, 0.1) is 0 Å². The number of ether oxygens (including phenoxy) is 2. The van der Waals surface area contributed by atoms with Crippen LogP contribution >= 0.6 is 0 Å². The number of hydrogen-bond donors (Lipinski definition) is 0. The molecule has 3 heterocycles. The molecule has 24 heavy (non-hydrogen) atoms. The average molecular weight is 322 g/mol. The third kappa shape index (κ3) is 2.19. The first-order valence-electron chi connectivity index (χ1n) is 8.40. The number of aromatic nitrogens is 1. The molecule has 5 heteroatoms. The summed E-state index contributed by atoms with van der Waals surface area (Å²) in [6, 6.07) is 15.1. The smallest absolute Gasteiger partial charge is 0.298 e. The molecule has 0 radical (unpaired) electrons. The lowest BCUT2D eigenvalue weighted by Crippen LogP contribution is -2.23. The van der Waals surface area contributed by atoms with Gasteiger partial charge in [0.15, 0.2) is 17.1 Å². The predicted molar refractivity (Wildman–Crippen MR) is 90.8 cm³/mol. The number of para-hydroxylation sites is 2. The highest BCUT2D eigenvalue weighted by Crippen LogP contribution is 2.40. The second-order valence-corrected chi connectivity index (χ2v) is 6.22. The maximum atomic E-state index is 5.98. The number of fused-ring (bicyclic) bond motifs is 2. The summed E-state index contributed by atoms with van der Waals surface area (Å²) < 4.78 is 17.3. The Hall–Kier alpha value is -2.69. The third-order valence-electron chi connectivity index (χ3n) is 4.73. The first-order chi connectivity index (χ1) is 11.9. The lowest BCUT2D eigenvalue weighted by molar-refractivity contribution is 0.171. The van der Waals surface area contributed by atoms with Crippen LogP contribution in [0.4, 0.5) is 6.01 Å². The molecular weight excluding hydrogens is 304 g/mol. The van der Waals surface area contributed by atoms with E-state index in [1.807, 2.05) is 30.3 Å². The molecule has 5 rings (SSSR count). The van der Waals surface area contributed by atoms with Crippen LogP contribution in [-0.2, 0) is 0 Å². The van der Waals surface area contributed by atoms with Crippen LogP contribution in [0.15, 0.2) is 46.9 Å². The van der Waals surface area contributed by atoms with Crippen molar-refractivity contribution in [2.75, 3.05) is 24.7 Å². The summed E-state index contributed by atoms with van der Waals surface area (Å²) in [6.07, 6.45) is 2.20. The predicted octanol–water partition coefficient (Wildman–Crippen LogP) is 3.94. The Morgan fingerprint density at radius 2 is 1.88 bits per heavy atom. The minimum atomic E-state index is 0.258. The van der Waals surface area contributed by atoms with Crippen molar-refractivity contribution in [3.63, 3.8) is 0 Å². The zero-order valence-corrected chi connectivity index (χ0v) is 13.3. The van der Waals surface area contributed by atoms with Crippen LogP contribution in [0.1, 0.15) is 24.4 Å². The van der Waals surface area contributed by atoms with Crippen LogP contribution < -0.4 is 14.4 Å². The molecule has 0 spiro atoms. The van der Waals surface area contributed by atoms with E-state index in [1.165, 1.54) is 5.56 Å². The molecule has 1 unspecified atom stereocenters. The number of benzene rings is 2. The third-order valence-corrected chi connectivity index (χ3v) is 4.73. The fourth-order valence-electron chi connectivity index (χ4n) is 3.59.